The molecule has 13 heteroatoms. The Morgan fingerprint density at radius 1 is 0.689 bits per heavy atom. The van der Waals surface area contributed by atoms with Crippen molar-refractivity contribution in [2.45, 2.75) is 0 Å². The average Bonchev–Trinajstić information content (AvgIpc) is 3.74. The van der Waals surface area contributed by atoms with Crippen molar-refractivity contribution in [1.29, 1.82) is 0 Å². The van der Waals surface area contributed by atoms with Gasteiger partial charge in [-0.3, -0.25) is 9.97 Å². The minimum atomic E-state index is -0.480. The van der Waals surface area contributed by atoms with Crippen LogP contribution in [0.25, 0.3) is 21.1 Å². The predicted octanol–water partition coefficient (Wildman–Crippen LogP) is 6.38. The summed E-state index contributed by atoms with van der Waals surface area (Å²) in [5.41, 5.74) is 3.15. The smallest absolute Gasteiger partial charge is 0.192 e. The molecule has 6 aromatic rings. The van der Waals surface area contributed by atoms with E-state index >= 15 is 0 Å². The molecule has 0 spiro atoms. The second-order valence-electron chi connectivity index (χ2n) is 8.36. The minimum Gasteiger partial charge on any atom is -0.260 e. The first-order valence-corrected chi connectivity index (χ1v) is 13.6. The van der Waals surface area contributed by atoms with Crippen LogP contribution in [0.3, 0.4) is 0 Å². The molecule has 45 heavy (non-hydrogen) atoms. The fourth-order valence-corrected chi connectivity index (χ4v) is 3.75. The number of hydrogen-bond acceptors (Lipinski definition) is 6. The molecule has 0 unspecified atom stereocenters. The molecule has 216 valence electrons. The Bertz CT molecular complexity index is 2100. The molecule has 0 N–H and O–H groups in total. The van der Waals surface area contributed by atoms with Crippen molar-refractivity contribution in [2.75, 3.05) is 0 Å². The maximum Gasteiger partial charge on any atom is 0.192 e. The number of aromatic nitrogens is 8. The fraction of sp³-hybridized carbons (Fsp3) is 0. The molecule has 0 saturated heterocycles. The molecular formula is C32H17F2IN10. The lowest BCUT2D eigenvalue weighted by Gasteiger charge is -2.01. The van der Waals surface area contributed by atoms with Crippen LogP contribution in [0.2, 0.25) is 0 Å². The van der Waals surface area contributed by atoms with Crippen LogP contribution in [-0.2, 0) is 0 Å². The van der Waals surface area contributed by atoms with E-state index in [1.807, 2.05) is 6.07 Å². The van der Waals surface area contributed by atoms with Crippen molar-refractivity contribution < 1.29 is 8.78 Å². The standard InChI is InChI=1S/C16H8FN5.C10H5FIN3.C6H4N2/c1-18-15-8-12(17)9-16(10-15)22-7-4-13(21-22)2-3-14-11-19-5-6-20-14;1-13-8-4-7(11)5-9(6-8)15-3-2-10(12)14-15;1-2-6-5-7-3-4-8-6/h4-11H;2-6H;1,3-5H. The van der Waals surface area contributed by atoms with Crippen LogP contribution in [0.15, 0.2) is 98.1 Å². The van der Waals surface area contributed by atoms with E-state index < -0.39 is 11.6 Å². The van der Waals surface area contributed by atoms with Gasteiger partial charge in [0.05, 0.1) is 36.9 Å². The van der Waals surface area contributed by atoms with Crippen molar-refractivity contribution >= 4 is 34.0 Å². The molecule has 0 amide bonds. The van der Waals surface area contributed by atoms with E-state index in [9.17, 15) is 8.78 Å². The highest BCUT2D eigenvalue weighted by Crippen LogP contribution is 2.21. The van der Waals surface area contributed by atoms with Gasteiger partial charge in [-0.2, -0.15) is 10.2 Å². The third-order valence-electron chi connectivity index (χ3n) is 5.26. The SMILES string of the molecule is C#Cc1cnccn1.[C-]#[N+]c1cc(F)cc(-n2ccc(C#Cc3cnccn3)n2)c1.[C-]#[N+]c1cc(F)cc(-n2ccc(I)n2)c1. The first-order chi connectivity index (χ1) is 21.9. The number of halogens is 3. The summed E-state index contributed by atoms with van der Waals surface area (Å²) in [5.74, 6) is 7.14. The molecule has 10 nitrogen and oxygen atoms in total. The molecule has 0 aliphatic rings. The van der Waals surface area contributed by atoms with Gasteiger partial charge in [-0.25, -0.2) is 37.8 Å². The lowest BCUT2D eigenvalue weighted by molar-refractivity contribution is 0.626. The van der Waals surface area contributed by atoms with E-state index in [1.165, 1.54) is 28.9 Å². The summed E-state index contributed by atoms with van der Waals surface area (Å²) in [4.78, 5) is 21.9. The highest BCUT2D eigenvalue weighted by atomic mass is 127. The van der Waals surface area contributed by atoms with Crippen LogP contribution >= 0.6 is 22.6 Å². The summed E-state index contributed by atoms with van der Waals surface area (Å²) in [6, 6.07) is 11.7. The lowest BCUT2D eigenvalue weighted by atomic mass is 10.3. The highest BCUT2D eigenvalue weighted by Gasteiger charge is 2.05. The van der Waals surface area contributed by atoms with Crippen LogP contribution in [0.5, 0.6) is 0 Å². The Kier molecular flexibility index (Phi) is 11.1. The van der Waals surface area contributed by atoms with Gasteiger partial charge >= 0.3 is 0 Å². The largest absolute Gasteiger partial charge is 0.260 e. The number of nitrogens with zero attached hydrogens (tertiary/aromatic N) is 10. The van der Waals surface area contributed by atoms with Gasteiger partial charge in [0, 0.05) is 37.2 Å². The molecule has 0 aliphatic heterocycles. The van der Waals surface area contributed by atoms with E-state index in [2.05, 4.69) is 80.2 Å². The van der Waals surface area contributed by atoms with Gasteiger partial charge in [-0.05, 0) is 88.9 Å². The van der Waals surface area contributed by atoms with E-state index in [0.29, 0.717) is 28.5 Å². The molecule has 0 atom stereocenters. The van der Waals surface area contributed by atoms with Crippen LogP contribution in [0.1, 0.15) is 17.1 Å². The van der Waals surface area contributed by atoms with E-state index in [4.69, 9.17) is 19.6 Å². The fourth-order valence-electron chi connectivity index (χ4n) is 3.36. The minimum absolute atomic E-state index is 0.220. The Hall–Kier alpha value is -6.29. The Morgan fingerprint density at radius 2 is 1.22 bits per heavy atom. The number of terminal acetylenes is 1. The Labute approximate surface area is 270 Å². The molecule has 4 heterocycles. The second kappa shape index (κ2) is 15.8. The Balaban J connectivity index is 0.000000172. The maximum atomic E-state index is 13.4. The zero-order valence-corrected chi connectivity index (χ0v) is 25.1. The number of rotatable bonds is 2. The zero-order valence-electron chi connectivity index (χ0n) is 22.9. The van der Waals surface area contributed by atoms with Gasteiger partial charge in [-0.1, -0.05) is 0 Å². The lowest BCUT2D eigenvalue weighted by Crippen LogP contribution is -1.95. The summed E-state index contributed by atoms with van der Waals surface area (Å²) in [5, 5.41) is 8.37. The monoisotopic (exact) mass is 706 g/mol. The highest BCUT2D eigenvalue weighted by molar-refractivity contribution is 14.1. The number of benzene rings is 2. The van der Waals surface area contributed by atoms with E-state index in [-0.39, 0.29) is 11.4 Å². The second-order valence-corrected chi connectivity index (χ2v) is 9.47. The zero-order chi connectivity index (χ0) is 32.0. The summed E-state index contributed by atoms with van der Waals surface area (Å²) in [7, 11) is 0. The molecule has 0 saturated carbocycles. The van der Waals surface area contributed by atoms with Crippen molar-refractivity contribution in [2.24, 2.45) is 0 Å². The summed E-state index contributed by atoms with van der Waals surface area (Å²) in [6.45, 7) is 13.8. The van der Waals surface area contributed by atoms with Crippen LogP contribution in [0, 0.1) is 52.7 Å². The molecule has 0 radical (unpaired) electrons. The topological polar surface area (TPSA) is 95.9 Å². The van der Waals surface area contributed by atoms with Crippen LogP contribution < -0.4 is 0 Å². The molecule has 0 bridgehead atoms. The van der Waals surface area contributed by atoms with Crippen molar-refractivity contribution in [3.63, 3.8) is 0 Å². The molecule has 0 aliphatic carbocycles. The van der Waals surface area contributed by atoms with E-state index in [0.717, 1.165) is 3.70 Å². The van der Waals surface area contributed by atoms with Gasteiger partial charge < -0.3 is 0 Å². The molecule has 2 aromatic carbocycles. The first kappa shape index (κ1) is 31.6. The normalized spacial score (nSPS) is 9.42. The average molecular weight is 706 g/mol. The number of hydrogen-bond donors (Lipinski definition) is 0. The molecule has 0 fully saturated rings. The van der Waals surface area contributed by atoms with Gasteiger partial charge in [0.15, 0.2) is 11.4 Å². The first-order valence-electron chi connectivity index (χ1n) is 12.5. The third-order valence-corrected chi connectivity index (χ3v) is 5.84. The van der Waals surface area contributed by atoms with Crippen molar-refractivity contribution in [1.82, 2.24) is 39.5 Å². The van der Waals surface area contributed by atoms with Crippen molar-refractivity contribution in [3.05, 3.63) is 153 Å². The van der Waals surface area contributed by atoms with Gasteiger partial charge in [0.1, 0.15) is 32.4 Å². The Morgan fingerprint density at radius 3 is 1.69 bits per heavy atom. The third kappa shape index (κ3) is 9.62. The maximum absolute atomic E-state index is 13.4. The van der Waals surface area contributed by atoms with E-state index in [1.54, 1.807) is 72.5 Å². The van der Waals surface area contributed by atoms with Gasteiger partial charge in [0.2, 0.25) is 0 Å². The van der Waals surface area contributed by atoms with Crippen molar-refractivity contribution in [3.8, 4) is 35.6 Å². The molecule has 6 rings (SSSR count). The molecule has 4 aromatic heterocycles. The summed E-state index contributed by atoms with van der Waals surface area (Å²) >= 11 is 2.07. The predicted molar refractivity (Wildman–Crippen MR) is 170 cm³/mol. The molecular weight excluding hydrogens is 689 g/mol. The van der Waals surface area contributed by atoms with Gasteiger partial charge in [-0.15, -0.1) is 6.42 Å². The van der Waals surface area contributed by atoms with Crippen LogP contribution in [-0.4, -0.2) is 39.5 Å². The summed E-state index contributed by atoms with van der Waals surface area (Å²) in [6.07, 6.45) is 17.7. The quantitative estimate of drug-likeness (QED) is 0.118. The van der Waals surface area contributed by atoms with Gasteiger partial charge in [0.25, 0.3) is 0 Å². The summed E-state index contributed by atoms with van der Waals surface area (Å²) < 4.78 is 30.4. The van der Waals surface area contributed by atoms with Crippen LogP contribution in [0.4, 0.5) is 20.2 Å².